The van der Waals surface area contributed by atoms with Crippen molar-refractivity contribution in [3.8, 4) is 0 Å². The van der Waals surface area contributed by atoms with Gasteiger partial charge in [-0.15, -0.1) is 12.4 Å². The van der Waals surface area contributed by atoms with Gasteiger partial charge in [0.1, 0.15) is 0 Å². The maximum absolute atomic E-state index is 0. The van der Waals surface area contributed by atoms with Gasteiger partial charge in [0, 0.05) is 0 Å². The first-order valence-electron chi connectivity index (χ1n) is 0. The van der Waals surface area contributed by atoms with E-state index in [1.54, 1.807) is 0 Å². The van der Waals surface area contributed by atoms with Crippen LogP contribution in [0.2, 0.25) is 0 Å². The minimum atomic E-state index is 0. The monoisotopic (exact) mass is 326 g/mol. The Morgan fingerprint density at radius 1 is 0.312 bits per heavy atom. The summed E-state index contributed by atoms with van der Waals surface area (Å²) in [5.74, 6) is 0. The van der Waals surface area contributed by atoms with E-state index >= 15 is 0 Å². The Balaban J connectivity index is 0. The summed E-state index contributed by atoms with van der Waals surface area (Å²) < 4.78 is 0. The third-order valence-electron chi connectivity index (χ3n) is 0. The van der Waals surface area contributed by atoms with Crippen LogP contribution < -0.4 is 0 Å². The second-order valence-corrected chi connectivity index (χ2v) is 0. The normalized spacial score (nSPS) is 0. The van der Waals surface area contributed by atoms with Crippen LogP contribution in [0.5, 0.6) is 0 Å². The minimum absolute atomic E-state index is 0. The quantitative estimate of drug-likeness (QED) is 0.373. The average Bonchev–Trinajstić information content (AvgIpc) is 0. The van der Waals surface area contributed by atoms with E-state index < -0.39 is 0 Å². The summed E-state index contributed by atoms with van der Waals surface area (Å²) in [4.78, 5) is 0. The fourth-order valence-electron chi connectivity index (χ4n) is 0. The zero-order chi connectivity index (χ0) is 0. The van der Waals surface area contributed by atoms with Gasteiger partial charge < -0.3 is 74.0 Å². The second-order valence-electron chi connectivity index (χ2n) is 0. The molecule has 0 unspecified atom stereocenters. The van der Waals surface area contributed by atoms with Crippen LogP contribution in [0, 0.1) is 0 Å². The average molecular weight is 327 g/mol. The number of hydrogen-bond donors (Lipinski definition) is 0. The van der Waals surface area contributed by atoms with Crippen LogP contribution in [0.1, 0.15) is 2.85 Å². The van der Waals surface area contributed by atoms with E-state index in [9.17, 15) is 0 Å². The molecule has 26 N–H and O–H groups in total. The molecule has 122 valence electrons. The molecule has 0 rings (SSSR count). The zero-order valence-electron chi connectivity index (χ0n) is 9.62. The van der Waals surface area contributed by atoms with E-state index in [4.69, 9.17) is 0 Å². The van der Waals surface area contributed by atoms with Crippen molar-refractivity contribution in [3.63, 3.8) is 0 Å². The third kappa shape index (κ3) is 2610. The molecule has 0 spiro atoms. The van der Waals surface area contributed by atoms with Crippen molar-refractivity contribution in [2.45, 2.75) is 0 Å². The van der Waals surface area contributed by atoms with Crippen LogP contribution in [0.15, 0.2) is 0 Å². The molecular weight excluding hydrogens is 295 g/mol. The summed E-state index contributed by atoms with van der Waals surface area (Å²) in [5, 5.41) is 0. The van der Waals surface area contributed by atoms with Gasteiger partial charge in [0.2, 0.25) is 0 Å². The molecule has 0 amide bonds. The maximum atomic E-state index is 0. The van der Waals surface area contributed by atoms with Crippen molar-refractivity contribution in [2.24, 2.45) is 0 Å². The minimum Gasteiger partial charge on any atom is -1.00 e. The van der Waals surface area contributed by atoms with Gasteiger partial charge in [-0.25, -0.2) is 0 Å². The Morgan fingerprint density at radius 2 is 0.312 bits per heavy atom. The molecule has 0 atom stereocenters. The van der Waals surface area contributed by atoms with E-state index in [2.05, 4.69) is 0 Å². The molecule has 0 radical (unpaired) electrons. The summed E-state index contributed by atoms with van der Waals surface area (Å²) in [7, 11) is 0. The molecule has 13 nitrogen and oxygen atoms in total. The summed E-state index contributed by atoms with van der Waals surface area (Å²) in [6.45, 7) is 0. The molecule has 0 aliphatic heterocycles. The van der Waals surface area contributed by atoms with Crippen molar-refractivity contribution in [3.05, 3.63) is 0 Å². The number of halogens is 1. The number of rotatable bonds is 0. The predicted molar refractivity (Wildman–Crippen MR) is 72.1 cm³/mol. The van der Waals surface area contributed by atoms with Crippen molar-refractivity contribution < 1.29 is 74.0 Å². The molecule has 16 heavy (non-hydrogen) atoms. The standard InChI is InChI=1S/Al.ClH.Mg.13H2O.5H/h;1H;;13*1H2;;;;;/q;;+2;;;;;;;;;;;;;;;;;2*-1. The van der Waals surface area contributed by atoms with E-state index in [-0.39, 0.29) is 127 Å². The van der Waals surface area contributed by atoms with Gasteiger partial charge in [-0.1, -0.05) is 0 Å². The van der Waals surface area contributed by atoms with E-state index in [1.807, 2.05) is 0 Å². The molecule has 0 aromatic heterocycles. The van der Waals surface area contributed by atoms with Crippen LogP contribution in [-0.2, 0) is 0 Å². The van der Waals surface area contributed by atoms with Crippen LogP contribution in [0.3, 0.4) is 0 Å². The number of hydrogen-bond acceptors (Lipinski definition) is 0. The van der Waals surface area contributed by atoms with Crippen LogP contribution in [0.4, 0.5) is 0 Å². The van der Waals surface area contributed by atoms with Crippen LogP contribution >= 0.6 is 12.4 Å². The van der Waals surface area contributed by atoms with Crippen molar-refractivity contribution in [1.29, 1.82) is 0 Å². The summed E-state index contributed by atoms with van der Waals surface area (Å²) in [6.07, 6.45) is 0. The fraction of sp³-hybridized carbons (Fsp3) is 0. The molecule has 0 aromatic rings. The first-order chi connectivity index (χ1) is 0. The topological polar surface area (TPSA) is 410 Å². The van der Waals surface area contributed by atoms with Crippen molar-refractivity contribution in [2.75, 3.05) is 0 Å². The van der Waals surface area contributed by atoms with Crippen LogP contribution in [-0.4, -0.2) is 112 Å². The molecule has 0 aliphatic carbocycles. The smallest absolute Gasteiger partial charge is 1.00 e. The molecular formula is H32AlClMgO13. The van der Waals surface area contributed by atoms with E-state index in [0.29, 0.717) is 0 Å². The molecule has 0 saturated heterocycles. The molecule has 0 heterocycles. The Hall–Kier alpha value is 1.07. The first-order valence-corrected chi connectivity index (χ1v) is 0. The summed E-state index contributed by atoms with van der Waals surface area (Å²) in [6, 6.07) is 0. The zero-order valence-corrected chi connectivity index (χ0v) is 9.85. The van der Waals surface area contributed by atoms with Gasteiger partial charge in [-0.05, 0) is 0 Å². The Morgan fingerprint density at radius 3 is 0.312 bits per heavy atom. The van der Waals surface area contributed by atoms with E-state index in [1.165, 1.54) is 0 Å². The Labute approximate surface area is 127 Å². The van der Waals surface area contributed by atoms with Gasteiger partial charge in [-0.2, -0.15) is 0 Å². The molecule has 0 saturated carbocycles. The predicted octanol–water partition coefficient (Wildman–Crippen LogP) is -11.6. The second kappa shape index (κ2) is 3190. The third-order valence-corrected chi connectivity index (χ3v) is 0. The van der Waals surface area contributed by atoms with Gasteiger partial charge in [0.05, 0.1) is 0 Å². The van der Waals surface area contributed by atoms with Gasteiger partial charge in [0.25, 0.3) is 0 Å². The SMILES string of the molecule is Cl.O.O.O.O.O.O.O.O.O.O.O.O.O.[AlH3].[H-].[H-].[Mg+2]. The summed E-state index contributed by atoms with van der Waals surface area (Å²) in [5.41, 5.74) is 0. The maximum Gasteiger partial charge on any atom is 2.00 e. The molecule has 0 aromatic carbocycles. The van der Waals surface area contributed by atoms with Crippen molar-refractivity contribution in [1.82, 2.24) is 0 Å². The first kappa shape index (κ1) is 3860. The van der Waals surface area contributed by atoms with Gasteiger partial charge in [0.15, 0.2) is 17.4 Å². The van der Waals surface area contributed by atoms with Gasteiger partial charge in [-0.3, -0.25) is 0 Å². The molecule has 0 aliphatic rings. The van der Waals surface area contributed by atoms with Crippen molar-refractivity contribution >= 4 is 52.8 Å². The van der Waals surface area contributed by atoms with E-state index in [0.717, 1.165) is 0 Å². The summed E-state index contributed by atoms with van der Waals surface area (Å²) >= 11 is 0. The fourth-order valence-corrected chi connectivity index (χ4v) is 0. The largest absolute Gasteiger partial charge is 2.00 e. The molecule has 16 heteroatoms. The van der Waals surface area contributed by atoms with Crippen LogP contribution in [0.25, 0.3) is 0 Å². The van der Waals surface area contributed by atoms with Gasteiger partial charge >= 0.3 is 23.1 Å². The molecule has 0 fully saturated rings. The molecule has 0 bridgehead atoms. The Bertz CT molecular complexity index is 25.0. The Kier molecular flexibility index (Phi) is 770000.